The van der Waals surface area contributed by atoms with E-state index in [1.807, 2.05) is 6.92 Å². The van der Waals surface area contributed by atoms with Gasteiger partial charge in [0, 0.05) is 27.3 Å². The second-order valence-electron chi connectivity index (χ2n) is 4.58. The van der Waals surface area contributed by atoms with Crippen molar-refractivity contribution in [1.29, 1.82) is 0 Å². The SMILES string of the molecule is COC1CN(c2nc(C)c(C(C)O)s2)CC1OC. The number of methoxy groups -OCH3 is 2. The van der Waals surface area contributed by atoms with Gasteiger partial charge in [-0.05, 0) is 13.8 Å². The van der Waals surface area contributed by atoms with Crippen LogP contribution in [0.15, 0.2) is 0 Å². The molecule has 1 N–H and O–H groups in total. The summed E-state index contributed by atoms with van der Waals surface area (Å²) in [5.74, 6) is 0. The Morgan fingerprint density at radius 3 is 2.28 bits per heavy atom. The fourth-order valence-electron chi connectivity index (χ4n) is 2.27. The Morgan fingerprint density at radius 1 is 1.33 bits per heavy atom. The molecule has 102 valence electrons. The predicted molar refractivity (Wildman–Crippen MR) is 71.3 cm³/mol. The minimum absolute atomic E-state index is 0.0780. The van der Waals surface area contributed by atoms with Crippen LogP contribution >= 0.6 is 11.3 Å². The molecule has 1 fully saturated rings. The highest BCUT2D eigenvalue weighted by Crippen LogP contribution is 2.33. The van der Waals surface area contributed by atoms with Crippen LogP contribution in [0.25, 0.3) is 0 Å². The number of anilines is 1. The van der Waals surface area contributed by atoms with Crippen molar-refractivity contribution in [1.82, 2.24) is 4.98 Å². The standard InChI is InChI=1S/C12H20N2O3S/c1-7-11(8(2)15)18-12(13-7)14-5-9(16-3)10(6-14)17-4/h8-10,15H,5-6H2,1-4H3. The molecule has 0 aromatic carbocycles. The second-order valence-corrected chi connectivity index (χ2v) is 5.58. The van der Waals surface area contributed by atoms with Gasteiger partial charge in [0.05, 0.1) is 16.7 Å². The van der Waals surface area contributed by atoms with Crippen molar-refractivity contribution < 1.29 is 14.6 Å². The lowest BCUT2D eigenvalue weighted by Gasteiger charge is -2.13. The topological polar surface area (TPSA) is 54.8 Å². The molecule has 3 atom stereocenters. The maximum absolute atomic E-state index is 9.66. The van der Waals surface area contributed by atoms with E-state index in [0.29, 0.717) is 0 Å². The fourth-order valence-corrected chi connectivity index (χ4v) is 3.29. The molecule has 1 saturated heterocycles. The number of thiazole rings is 1. The molecule has 0 amide bonds. The molecule has 3 unspecified atom stereocenters. The molecule has 1 aromatic heterocycles. The maximum atomic E-state index is 9.66. The van der Waals surface area contributed by atoms with Crippen molar-refractivity contribution in [2.45, 2.75) is 32.2 Å². The number of hydrogen-bond donors (Lipinski definition) is 1. The molecule has 2 heterocycles. The summed E-state index contributed by atoms with van der Waals surface area (Å²) in [5.41, 5.74) is 0.903. The van der Waals surface area contributed by atoms with Gasteiger partial charge in [-0.2, -0.15) is 0 Å². The molecule has 18 heavy (non-hydrogen) atoms. The highest BCUT2D eigenvalue weighted by Gasteiger charge is 2.34. The van der Waals surface area contributed by atoms with Gasteiger partial charge in [-0.3, -0.25) is 0 Å². The third-order valence-corrected chi connectivity index (χ3v) is 4.68. The molecule has 6 heteroatoms. The number of nitrogens with zero attached hydrogens (tertiary/aromatic N) is 2. The zero-order chi connectivity index (χ0) is 13.3. The predicted octanol–water partition coefficient (Wildman–Crippen LogP) is 1.35. The van der Waals surface area contributed by atoms with Crippen molar-refractivity contribution in [3.63, 3.8) is 0 Å². The minimum atomic E-state index is -0.463. The van der Waals surface area contributed by atoms with Crippen molar-refractivity contribution >= 4 is 16.5 Å². The normalized spacial score (nSPS) is 25.7. The summed E-state index contributed by atoms with van der Waals surface area (Å²) >= 11 is 1.54. The summed E-state index contributed by atoms with van der Waals surface area (Å²) in [6.45, 7) is 5.26. The van der Waals surface area contributed by atoms with Crippen LogP contribution in [0.3, 0.4) is 0 Å². The van der Waals surface area contributed by atoms with E-state index in [2.05, 4.69) is 9.88 Å². The van der Waals surface area contributed by atoms with Gasteiger partial charge in [0.15, 0.2) is 5.13 Å². The Morgan fingerprint density at radius 2 is 1.89 bits per heavy atom. The Bertz CT molecular complexity index is 396. The maximum Gasteiger partial charge on any atom is 0.186 e. The van der Waals surface area contributed by atoms with Crippen LogP contribution < -0.4 is 4.90 Å². The summed E-state index contributed by atoms with van der Waals surface area (Å²) in [6, 6.07) is 0. The third-order valence-electron chi connectivity index (χ3n) is 3.29. The molecule has 0 aliphatic carbocycles. The first-order valence-corrected chi connectivity index (χ1v) is 6.84. The molecular weight excluding hydrogens is 252 g/mol. The largest absolute Gasteiger partial charge is 0.388 e. The molecule has 0 radical (unpaired) electrons. The van der Waals surface area contributed by atoms with Crippen LogP contribution in [0.2, 0.25) is 0 Å². The fraction of sp³-hybridized carbons (Fsp3) is 0.750. The van der Waals surface area contributed by atoms with Crippen LogP contribution in [0, 0.1) is 6.92 Å². The van der Waals surface area contributed by atoms with Gasteiger partial charge in [0.25, 0.3) is 0 Å². The molecule has 1 aromatic rings. The van der Waals surface area contributed by atoms with Gasteiger partial charge in [-0.1, -0.05) is 11.3 Å². The summed E-state index contributed by atoms with van der Waals surface area (Å²) in [7, 11) is 3.41. The zero-order valence-corrected chi connectivity index (χ0v) is 12.0. The van der Waals surface area contributed by atoms with Gasteiger partial charge in [-0.15, -0.1) is 0 Å². The first-order chi connectivity index (χ1) is 8.56. The molecular formula is C12H20N2O3S. The van der Waals surface area contributed by atoms with E-state index in [4.69, 9.17) is 9.47 Å². The molecule has 2 rings (SSSR count). The first-order valence-electron chi connectivity index (χ1n) is 6.02. The van der Waals surface area contributed by atoms with E-state index in [0.717, 1.165) is 28.8 Å². The lowest BCUT2D eigenvalue weighted by Crippen LogP contribution is -2.27. The van der Waals surface area contributed by atoms with Crippen molar-refractivity contribution in [3.8, 4) is 0 Å². The van der Waals surface area contributed by atoms with E-state index >= 15 is 0 Å². The first kappa shape index (κ1) is 13.7. The lowest BCUT2D eigenvalue weighted by molar-refractivity contribution is -0.00461. The number of aliphatic hydroxyl groups is 1. The van der Waals surface area contributed by atoms with Crippen LogP contribution in [-0.4, -0.2) is 49.6 Å². The number of ether oxygens (including phenoxy) is 2. The molecule has 5 nitrogen and oxygen atoms in total. The Labute approximate surface area is 111 Å². The van der Waals surface area contributed by atoms with Gasteiger partial charge < -0.3 is 19.5 Å². The summed E-state index contributed by atoms with van der Waals surface area (Å²) in [6.07, 6.45) is -0.307. The van der Waals surface area contributed by atoms with Crippen LogP contribution in [0.1, 0.15) is 23.6 Å². The second kappa shape index (κ2) is 5.52. The van der Waals surface area contributed by atoms with Gasteiger partial charge >= 0.3 is 0 Å². The number of aliphatic hydroxyl groups excluding tert-OH is 1. The average molecular weight is 272 g/mol. The van der Waals surface area contributed by atoms with E-state index in [9.17, 15) is 5.11 Å². The smallest absolute Gasteiger partial charge is 0.186 e. The summed E-state index contributed by atoms with van der Waals surface area (Å²) in [4.78, 5) is 7.61. The number of aromatic nitrogens is 1. The van der Waals surface area contributed by atoms with Crippen LogP contribution in [0.4, 0.5) is 5.13 Å². The third kappa shape index (κ3) is 2.51. The molecule has 0 bridgehead atoms. The summed E-state index contributed by atoms with van der Waals surface area (Å²) in [5, 5.41) is 10.6. The monoisotopic (exact) mass is 272 g/mol. The number of rotatable bonds is 4. The summed E-state index contributed by atoms with van der Waals surface area (Å²) < 4.78 is 10.8. The highest BCUT2D eigenvalue weighted by atomic mass is 32.1. The number of hydrogen-bond acceptors (Lipinski definition) is 6. The number of aryl methyl sites for hydroxylation is 1. The van der Waals surface area contributed by atoms with Crippen molar-refractivity contribution in [2.24, 2.45) is 0 Å². The van der Waals surface area contributed by atoms with Gasteiger partial charge in [0.1, 0.15) is 12.2 Å². The highest BCUT2D eigenvalue weighted by molar-refractivity contribution is 7.15. The quantitative estimate of drug-likeness (QED) is 0.897. The molecule has 0 spiro atoms. The molecule has 1 aliphatic rings. The van der Waals surface area contributed by atoms with Gasteiger partial charge in [0.2, 0.25) is 0 Å². The van der Waals surface area contributed by atoms with Crippen LogP contribution in [0.5, 0.6) is 0 Å². The van der Waals surface area contributed by atoms with E-state index in [1.165, 1.54) is 0 Å². The molecule has 0 saturated carbocycles. The van der Waals surface area contributed by atoms with Crippen molar-refractivity contribution in [2.75, 3.05) is 32.2 Å². The average Bonchev–Trinajstić information content (AvgIpc) is 2.91. The van der Waals surface area contributed by atoms with Gasteiger partial charge in [-0.25, -0.2) is 4.98 Å². The van der Waals surface area contributed by atoms with E-state index in [1.54, 1.807) is 32.5 Å². The Kier molecular flexibility index (Phi) is 4.21. The van der Waals surface area contributed by atoms with Crippen molar-refractivity contribution in [3.05, 3.63) is 10.6 Å². The Balaban J connectivity index is 2.16. The lowest BCUT2D eigenvalue weighted by atomic mass is 10.3. The van der Waals surface area contributed by atoms with E-state index in [-0.39, 0.29) is 12.2 Å². The van der Waals surface area contributed by atoms with E-state index < -0.39 is 6.10 Å². The zero-order valence-electron chi connectivity index (χ0n) is 11.2. The van der Waals surface area contributed by atoms with Crippen LogP contribution in [-0.2, 0) is 9.47 Å². The minimum Gasteiger partial charge on any atom is -0.388 e. The Hall–Kier alpha value is -0.690. The molecule has 1 aliphatic heterocycles.